The Morgan fingerprint density at radius 1 is 1.28 bits per heavy atom. The van der Waals surface area contributed by atoms with Crippen molar-refractivity contribution in [3.8, 4) is 0 Å². The van der Waals surface area contributed by atoms with E-state index in [2.05, 4.69) is 19.9 Å². The number of aliphatic hydroxyl groups is 3. The molecule has 0 unspecified atom stereocenters. The minimum atomic E-state index is -0.827. The third-order valence-electron chi connectivity index (χ3n) is 8.44. The van der Waals surface area contributed by atoms with Crippen molar-refractivity contribution in [2.75, 3.05) is 0 Å². The van der Waals surface area contributed by atoms with Crippen molar-refractivity contribution in [2.24, 2.45) is 29.1 Å². The molecule has 29 heavy (non-hydrogen) atoms. The Balaban J connectivity index is 1.66. The molecule has 4 aliphatic carbocycles. The van der Waals surface area contributed by atoms with E-state index < -0.39 is 18.3 Å². The highest BCUT2D eigenvalue weighted by Gasteiger charge is 2.53. The van der Waals surface area contributed by atoms with Gasteiger partial charge in [0.1, 0.15) is 0 Å². The van der Waals surface area contributed by atoms with Crippen molar-refractivity contribution in [1.29, 1.82) is 0 Å². The lowest BCUT2D eigenvalue weighted by molar-refractivity contribution is -0.119. The Hall–Kier alpha value is -1.23. The van der Waals surface area contributed by atoms with Gasteiger partial charge in [-0.2, -0.15) is 0 Å². The van der Waals surface area contributed by atoms with Crippen molar-refractivity contribution >= 4 is 5.78 Å². The van der Waals surface area contributed by atoms with Crippen molar-refractivity contribution in [3.63, 3.8) is 0 Å². The second-order valence-corrected chi connectivity index (χ2v) is 10.3. The predicted octanol–water partition coefficient (Wildman–Crippen LogP) is 3.71. The summed E-state index contributed by atoms with van der Waals surface area (Å²) in [6.07, 6.45) is 10.4. The summed E-state index contributed by atoms with van der Waals surface area (Å²) in [5.74, 6) is 1.27. The van der Waals surface area contributed by atoms with Gasteiger partial charge < -0.3 is 15.3 Å². The second kappa shape index (κ2) is 7.79. The molecule has 4 rings (SSSR count). The zero-order valence-electron chi connectivity index (χ0n) is 18.0. The first kappa shape index (κ1) is 21.0. The molecule has 160 valence electrons. The number of carbonyl (C=O) groups is 1. The van der Waals surface area contributed by atoms with Crippen molar-refractivity contribution in [3.05, 3.63) is 34.9 Å². The van der Waals surface area contributed by atoms with Gasteiger partial charge in [-0.25, -0.2) is 0 Å². The number of hydrogen-bond donors (Lipinski definition) is 3. The molecule has 0 heterocycles. The molecule has 0 aliphatic heterocycles. The third-order valence-corrected chi connectivity index (χ3v) is 8.44. The van der Waals surface area contributed by atoms with E-state index in [1.165, 1.54) is 16.7 Å². The smallest absolute Gasteiger partial charge is 0.159 e. The third kappa shape index (κ3) is 3.68. The number of hydrogen-bond acceptors (Lipinski definition) is 4. The molecule has 0 saturated heterocycles. The summed E-state index contributed by atoms with van der Waals surface area (Å²) >= 11 is 0. The van der Waals surface area contributed by atoms with Crippen molar-refractivity contribution in [2.45, 2.75) is 84.0 Å². The summed E-state index contributed by atoms with van der Waals surface area (Å²) in [5, 5.41) is 30.0. The molecule has 0 spiro atoms. The molecular formula is C25H36O4. The fourth-order valence-electron chi connectivity index (χ4n) is 6.82. The van der Waals surface area contributed by atoms with Gasteiger partial charge in [0.2, 0.25) is 0 Å². The van der Waals surface area contributed by atoms with Crippen LogP contribution in [0, 0.1) is 29.1 Å². The molecular weight excluding hydrogens is 364 g/mol. The molecule has 0 aromatic carbocycles. The summed E-state index contributed by atoms with van der Waals surface area (Å²) in [4.78, 5) is 13.0. The Labute approximate surface area is 174 Å². The van der Waals surface area contributed by atoms with E-state index in [0.717, 1.165) is 32.1 Å². The topological polar surface area (TPSA) is 77.8 Å². The van der Waals surface area contributed by atoms with E-state index in [9.17, 15) is 20.1 Å². The van der Waals surface area contributed by atoms with Gasteiger partial charge in [-0.1, -0.05) is 35.8 Å². The van der Waals surface area contributed by atoms with Crippen LogP contribution in [0.5, 0.6) is 0 Å². The molecule has 4 heteroatoms. The molecule has 8 atom stereocenters. The van der Waals surface area contributed by atoms with Crippen LogP contribution in [0.2, 0.25) is 0 Å². The van der Waals surface area contributed by atoms with Gasteiger partial charge in [0.05, 0.1) is 18.3 Å². The monoisotopic (exact) mass is 400 g/mol. The zero-order chi connectivity index (χ0) is 20.9. The van der Waals surface area contributed by atoms with Gasteiger partial charge >= 0.3 is 0 Å². The van der Waals surface area contributed by atoms with Crippen molar-refractivity contribution < 1.29 is 20.1 Å². The SMILES string of the molecule is C/C(=C\[C@H](O)[C@H](C)O)[C@H]1CC[C@H]2C3=CC(=O)[C@@H]4CC(=CC[C@H](O)C4)[C@H]3CC[C@]12C. The maximum Gasteiger partial charge on any atom is 0.159 e. The molecule has 0 amide bonds. The summed E-state index contributed by atoms with van der Waals surface area (Å²) in [6.45, 7) is 6.07. The Morgan fingerprint density at radius 2 is 2.03 bits per heavy atom. The Bertz CT molecular complexity index is 761. The van der Waals surface area contributed by atoms with Crippen LogP contribution in [0.15, 0.2) is 34.9 Å². The van der Waals surface area contributed by atoms with Crippen LogP contribution in [0.4, 0.5) is 0 Å². The number of rotatable bonds is 3. The van der Waals surface area contributed by atoms with Crippen LogP contribution in [-0.4, -0.2) is 39.4 Å². The molecule has 0 aromatic heterocycles. The highest BCUT2D eigenvalue weighted by atomic mass is 16.3. The normalized spacial score (nSPS) is 42.1. The van der Waals surface area contributed by atoms with Gasteiger partial charge in [-0.15, -0.1) is 0 Å². The van der Waals surface area contributed by atoms with Gasteiger partial charge in [0.25, 0.3) is 0 Å². The molecule has 4 nitrogen and oxygen atoms in total. The summed E-state index contributed by atoms with van der Waals surface area (Å²) in [5.41, 5.74) is 3.97. The minimum Gasteiger partial charge on any atom is -0.393 e. The number of allylic oxidation sites excluding steroid dienone is 4. The minimum absolute atomic E-state index is 0.0665. The largest absolute Gasteiger partial charge is 0.393 e. The maximum absolute atomic E-state index is 13.0. The van der Waals surface area contributed by atoms with Gasteiger partial charge in [-0.3, -0.25) is 4.79 Å². The predicted molar refractivity (Wildman–Crippen MR) is 113 cm³/mol. The lowest BCUT2D eigenvalue weighted by Gasteiger charge is -2.46. The Kier molecular flexibility index (Phi) is 5.65. The standard InChI is InChI=1S/C25H36O4/c1-14(10-23(28)15(2)26)21-6-7-22-20-13-24(29)17-11-16(4-5-18(27)12-17)19(20)8-9-25(21,22)3/h4,10,13,15,17-19,21-23,26-28H,5-9,11-12H2,1-3H3/b14-10+/t15-,17+,18-,19+,21+,22-,23-,25+/m0/s1. The molecule has 2 bridgehead atoms. The van der Waals surface area contributed by atoms with E-state index in [4.69, 9.17) is 0 Å². The van der Waals surface area contributed by atoms with Gasteiger partial charge in [0, 0.05) is 11.8 Å². The lowest BCUT2D eigenvalue weighted by Crippen LogP contribution is -2.37. The van der Waals surface area contributed by atoms with Gasteiger partial charge in [-0.05, 0) is 82.1 Å². The molecule has 2 fully saturated rings. The number of carbonyl (C=O) groups excluding carboxylic acids is 1. The lowest BCUT2D eigenvalue weighted by atomic mass is 9.58. The Morgan fingerprint density at radius 3 is 2.76 bits per heavy atom. The second-order valence-electron chi connectivity index (χ2n) is 10.3. The van der Waals surface area contributed by atoms with E-state index >= 15 is 0 Å². The average Bonchev–Trinajstić information content (AvgIpc) is 2.80. The average molecular weight is 401 g/mol. The summed E-state index contributed by atoms with van der Waals surface area (Å²) in [7, 11) is 0. The van der Waals surface area contributed by atoms with Crippen LogP contribution in [0.1, 0.15) is 65.7 Å². The van der Waals surface area contributed by atoms with E-state index in [0.29, 0.717) is 30.6 Å². The van der Waals surface area contributed by atoms with E-state index in [-0.39, 0.29) is 17.1 Å². The van der Waals surface area contributed by atoms with Crippen LogP contribution < -0.4 is 0 Å². The molecule has 4 aliphatic rings. The quantitative estimate of drug-likeness (QED) is 0.631. The summed E-state index contributed by atoms with van der Waals surface area (Å²) in [6, 6.07) is 0. The number of aliphatic hydroxyl groups excluding tert-OH is 3. The van der Waals surface area contributed by atoms with Crippen molar-refractivity contribution in [1.82, 2.24) is 0 Å². The fourth-order valence-corrected chi connectivity index (χ4v) is 6.82. The van der Waals surface area contributed by atoms with Crippen LogP contribution in [0.25, 0.3) is 0 Å². The summed E-state index contributed by atoms with van der Waals surface area (Å²) < 4.78 is 0. The molecule has 3 N–H and O–H groups in total. The van der Waals surface area contributed by atoms with Gasteiger partial charge in [0.15, 0.2) is 5.78 Å². The first-order valence-electron chi connectivity index (χ1n) is 11.4. The maximum atomic E-state index is 13.0. The van der Waals surface area contributed by atoms with Crippen LogP contribution in [-0.2, 0) is 4.79 Å². The molecule has 2 saturated carbocycles. The molecule has 0 aromatic rings. The number of ketones is 1. The molecule has 0 radical (unpaired) electrons. The first-order valence-corrected chi connectivity index (χ1v) is 11.4. The highest BCUT2D eigenvalue weighted by Crippen LogP contribution is 2.62. The van der Waals surface area contributed by atoms with Crippen LogP contribution in [0.3, 0.4) is 0 Å². The fraction of sp³-hybridized carbons (Fsp3) is 0.720. The zero-order valence-corrected chi connectivity index (χ0v) is 18.0. The van der Waals surface area contributed by atoms with E-state index in [1.807, 2.05) is 12.2 Å². The highest BCUT2D eigenvalue weighted by molar-refractivity contribution is 5.93. The van der Waals surface area contributed by atoms with E-state index in [1.54, 1.807) is 6.92 Å². The number of fused-ring (bicyclic) bond motifs is 6. The first-order chi connectivity index (χ1) is 13.7. The van der Waals surface area contributed by atoms with Crippen LogP contribution >= 0.6 is 0 Å².